The molecule has 3 aromatic rings. The first-order valence-electron chi connectivity index (χ1n) is 10.9. The summed E-state index contributed by atoms with van der Waals surface area (Å²) < 4.78 is 0. The molecular formula is C26H29N3O3. The van der Waals surface area contributed by atoms with Crippen molar-refractivity contribution in [2.75, 3.05) is 6.54 Å². The zero-order chi connectivity index (χ0) is 22.8. The van der Waals surface area contributed by atoms with E-state index in [2.05, 4.69) is 16.0 Å². The molecule has 0 unspecified atom stereocenters. The number of rotatable bonds is 10. The monoisotopic (exact) mass is 431 g/mol. The number of hydrogen-bond acceptors (Lipinski definition) is 3. The third-order valence-electron chi connectivity index (χ3n) is 5.26. The molecule has 0 saturated heterocycles. The highest BCUT2D eigenvalue weighted by Gasteiger charge is 2.15. The van der Waals surface area contributed by atoms with E-state index in [1.165, 1.54) is 0 Å². The fraction of sp³-hybridized carbons (Fsp3) is 0.269. The van der Waals surface area contributed by atoms with Crippen molar-refractivity contribution in [3.05, 3.63) is 83.9 Å². The van der Waals surface area contributed by atoms with Gasteiger partial charge in [0.2, 0.25) is 17.7 Å². The molecule has 0 bridgehead atoms. The predicted molar refractivity (Wildman–Crippen MR) is 126 cm³/mol. The lowest BCUT2D eigenvalue weighted by Gasteiger charge is -2.15. The normalized spacial score (nSPS) is 11.5. The fourth-order valence-corrected chi connectivity index (χ4v) is 3.47. The van der Waals surface area contributed by atoms with Gasteiger partial charge in [0.05, 0.1) is 0 Å². The second-order valence-electron chi connectivity index (χ2n) is 7.73. The number of carbonyl (C=O) groups excluding carboxylic acids is 3. The third kappa shape index (κ3) is 6.94. The Morgan fingerprint density at radius 2 is 1.50 bits per heavy atom. The molecule has 6 heteroatoms. The van der Waals surface area contributed by atoms with Gasteiger partial charge in [0.1, 0.15) is 6.04 Å². The van der Waals surface area contributed by atoms with Gasteiger partial charge in [-0.1, -0.05) is 72.8 Å². The standard InChI is InChI=1S/C26H29N3O3/c1-19(26(32)28-18-22-12-7-11-21-10-5-6-13-23(21)22)29-25(31)16-17-27-24(30)15-14-20-8-3-2-4-9-20/h2-13,19H,14-18H2,1H3,(H,27,30)(H,28,32)(H,29,31)/t19-/m0/s1. The van der Waals surface area contributed by atoms with Gasteiger partial charge in [-0.15, -0.1) is 0 Å². The molecule has 0 aliphatic rings. The van der Waals surface area contributed by atoms with Gasteiger partial charge in [0.15, 0.2) is 0 Å². The van der Waals surface area contributed by atoms with E-state index in [-0.39, 0.29) is 30.7 Å². The zero-order valence-corrected chi connectivity index (χ0v) is 18.3. The third-order valence-corrected chi connectivity index (χ3v) is 5.26. The molecule has 3 N–H and O–H groups in total. The van der Waals surface area contributed by atoms with Crippen molar-refractivity contribution in [2.45, 2.75) is 38.8 Å². The van der Waals surface area contributed by atoms with E-state index in [0.29, 0.717) is 19.4 Å². The Hall–Kier alpha value is -3.67. The number of hydrogen-bond donors (Lipinski definition) is 3. The SMILES string of the molecule is C[C@H](NC(=O)CCNC(=O)CCc1ccccc1)C(=O)NCc1cccc2ccccc12. The van der Waals surface area contributed by atoms with Gasteiger partial charge in [-0.2, -0.15) is 0 Å². The summed E-state index contributed by atoms with van der Waals surface area (Å²) in [4.78, 5) is 36.5. The Morgan fingerprint density at radius 3 is 2.31 bits per heavy atom. The van der Waals surface area contributed by atoms with Crippen LogP contribution in [0.5, 0.6) is 0 Å². The molecule has 3 aromatic carbocycles. The topological polar surface area (TPSA) is 87.3 Å². The van der Waals surface area contributed by atoms with Crippen LogP contribution in [0.2, 0.25) is 0 Å². The number of nitrogens with one attached hydrogen (secondary N) is 3. The van der Waals surface area contributed by atoms with Crippen molar-refractivity contribution in [1.29, 1.82) is 0 Å². The van der Waals surface area contributed by atoms with Crippen molar-refractivity contribution in [1.82, 2.24) is 16.0 Å². The van der Waals surface area contributed by atoms with Crippen LogP contribution in [0.3, 0.4) is 0 Å². The van der Waals surface area contributed by atoms with E-state index in [9.17, 15) is 14.4 Å². The van der Waals surface area contributed by atoms with Crippen LogP contribution in [0.1, 0.15) is 30.9 Å². The molecule has 6 nitrogen and oxygen atoms in total. The Morgan fingerprint density at radius 1 is 0.781 bits per heavy atom. The number of benzene rings is 3. The highest BCUT2D eigenvalue weighted by molar-refractivity contribution is 5.89. The molecule has 166 valence electrons. The maximum Gasteiger partial charge on any atom is 0.242 e. The molecule has 32 heavy (non-hydrogen) atoms. The maximum absolute atomic E-state index is 12.4. The van der Waals surface area contributed by atoms with E-state index < -0.39 is 6.04 Å². The van der Waals surface area contributed by atoms with Crippen LogP contribution in [-0.4, -0.2) is 30.3 Å². The molecule has 0 aromatic heterocycles. The van der Waals surface area contributed by atoms with Gasteiger partial charge in [-0.05, 0) is 35.2 Å². The van der Waals surface area contributed by atoms with Crippen molar-refractivity contribution in [2.24, 2.45) is 0 Å². The van der Waals surface area contributed by atoms with Gasteiger partial charge in [0.25, 0.3) is 0 Å². The van der Waals surface area contributed by atoms with Crippen LogP contribution >= 0.6 is 0 Å². The fourth-order valence-electron chi connectivity index (χ4n) is 3.47. The first-order chi connectivity index (χ1) is 15.5. The average molecular weight is 432 g/mol. The van der Waals surface area contributed by atoms with Crippen molar-refractivity contribution in [3.63, 3.8) is 0 Å². The smallest absolute Gasteiger partial charge is 0.242 e. The molecule has 0 radical (unpaired) electrons. The number of amides is 3. The van der Waals surface area contributed by atoms with Gasteiger partial charge in [-0.25, -0.2) is 0 Å². The Labute approximate surface area is 188 Å². The van der Waals surface area contributed by atoms with Gasteiger partial charge >= 0.3 is 0 Å². The summed E-state index contributed by atoms with van der Waals surface area (Å²) in [5.41, 5.74) is 2.12. The Kier molecular flexibility index (Phi) is 8.37. The van der Waals surface area contributed by atoms with E-state index in [1.807, 2.05) is 72.8 Å². The lowest BCUT2D eigenvalue weighted by Crippen LogP contribution is -2.45. The summed E-state index contributed by atoms with van der Waals surface area (Å²) in [6.07, 6.45) is 1.16. The van der Waals surface area contributed by atoms with Crippen LogP contribution in [0.4, 0.5) is 0 Å². The van der Waals surface area contributed by atoms with Crippen LogP contribution < -0.4 is 16.0 Å². The summed E-state index contributed by atoms with van der Waals surface area (Å²) in [6, 6.07) is 23.1. The molecule has 0 fully saturated rings. The van der Waals surface area contributed by atoms with Gasteiger partial charge < -0.3 is 16.0 Å². The quantitative estimate of drug-likeness (QED) is 0.461. The molecule has 0 aliphatic heterocycles. The molecule has 0 aliphatic carbocycles. The van der Waals surface area contributed by atoms with E-state index in [0.717, 1.165) is 21.9 Å². The average Bonchev–Trinajstić information content (AvgIpc) is 2.81. The molecule has 0 heterocycles. The summed E-state index contributed by atoms with van der Waals surface area (Å²) in [7, 11) is 0. The first-order valence-corrected chi connectivity index (χ1v) is 10.9. The summed E-state index contributed by atoms with van der Waals surface area (Å²) in [5.74, 6) is -0.623. The highest BCUT2D eigenvalue weighted by atomic mass is 16.2. The van der Waals surface area contributed by atoms with Crippen LogP contribution in [-0.2, 0) is 27.3 Å². The molecule has 3 rings (SSSR count). The minimum atomic E-state index is -0.661. The summed E-state index contributed by atoms with van der Waals surface area (Å²) >= 11 is 0. The first kappa shape index (κ1) is 23.0. The molecular weight excluding hydrogens is 402 g/mol. The van der Waals surface area contributed by atoms with E-state index in [1.54, 1.807) is 6.92 Å². The summed E-state index contributed by atoms with van der Waals surface area (Å²) in [6.45, 7) is 2.27. The minimum absolute atomic E-state index is 0.0949. The molecule has 3 amide bonds. The lowest BCUT2D eigenvalue weighted by atomic mass is 10.0. The molecule has 1 atom stereocenters. The predicted octanol–water partition coefficient (Wildman–Crippen LogP) is 3.10. The second-order valence-corrected chi connectivity index (χ2v) is 7.73. The van der Waals surface area contributed by atoms with Crippen molar-refractivity contribution >= 4 is 28.5 Å². The Bertz CT molecular complexity index is 1060. The number of carbonyl (C=O) groups is 3. The van der Waals surface area contributed by atoms with Crippen molar-refractivity contribution in [3.8, 4) is 0 Å². The second kappa shape index (κ2) is 11.6. The van der Waals surface area contributed by atoms with Crippen LogP contribution in [0.25, 0.3) is 10.8 Å². The number of aryl methyl sites for hydroxylation is 1. The van der Waals surface area contributed by atoms with E-state index in [4.69, 9.17) is 0 Å². The van der Waals surface area contributed by atoms with E-state index >= 15 is 0 Å². The summed E-state index contributed by atoms with van der Waals surface area (Å²) in [5, 5.41) is 10.5. The highest BCUT2D eigenvalue weighted by Crippen LogP contribution is 2.18. The van der Waals surface area contributed by atoms with Gasteiger partial charge in [-0.3, -0.25) is 14.4 Å². The number of fused-ring (bicyclic) bond motifs is 1. The lowest BCUT2D eigenvalue weighted by molar-refractivity contribution is -0.128. The molecule has 0 spiro atoms. The van der Waals surface area contributed by atoms with Gasteiger partial charge in [0, 0.05) is 25.9 Å². The van der Waals surface area contributed by atoms with Crippen molar-refractivity contribution < 1.29 is 14.4 Å². The zero-order valence-electron chi connectivity index (χ0n) is 18.3. The largest absolute Gasteiger partial charge is 0.356 e. The maximum atomic E-state index is 12.4. The van der Waals surface area contributed by atoms with Crippen LogP contribution in [0, 0.1) is 0 Å². The molecule has 0 saturated carbocycles. The minimum Gasteiger partial charge on any atom is -0.356 e. The Balaban J connectivity index is 1.35. The van der Waals surface area contributed by atoms with Crippen LogP contribution in [0.15, 0.2) is 72.8 Å².